The first-order valence-electron chi connectivity index (χ1n) is 14.6. The molecular weight excluding hydrogens is 567 g/mol. The number of nitrogens with two attached hydrogens (primary N) is 1. The molecule has 1 fully saturated rings. The van der Waals surface area contributed by atoms with E-state index in [-0.39, 0.29) is 23.6 Å². The number of amides is 1. The summed E-state index contributed by atoms with van der Waals surface area (Å²) in [7, 11) is 5.59. The number of aryl methyl sites for hydroxylation is 1. The van der Waals surface area contributed by atoms with Crippen molar-refractivity contribution in [3.05, 3.63) is 64.5 Å². The Morgan fingerprint density at radius 2 is 1.93 bits per heavy atom. The first-order valence-corrected chi connectivity index (χ1v) is 14.6. The molecule has 0 spiro atoms. The van der Waals surface area contributed by atoms with Crippen LogP contribution in [-0.4, -0.2) is 98.8 Å². The number of imidazole rings is 1. The first kappa shape index (κ1) is 29.4. The third kappa shape index (κ3) is 5.53. The molecule has 1 atom stereocenters. The fourth-order valence-electron chi connectivity index (χ4n) is 5.93. The monoisotopic (exact) mass is 604 g/mol. The van der Waals surface area contributed by atoms with Gasteiger partial charge in [-0.1, -0.05) is 0 Å². The van der Waals surface area contributed by atoms with Gasteiger partial charge in [0.05, 0.1) is 17.5 Å². The minimum absolute atomic E-state index is 0.0570. The number of rotatable bonds is 9. The van der Waals surface area contributed by atoms with Crippen molar-refractivity contribution in [1.29, 1.82) is 0 Å². The molecule has 44 heavy (non-hydrogen) atoms. The quantitative estimate of drug-likeness (QED) is 0.259. The van der Waals surface area contributed by atoms with Crippen LogP contribution in [0.15, 0.2) is 51.9 Å². The smallest absolute Gasteiger partial charge is 0.330 e. The lowest BCUT2D eigenvalue weighted by molar-refractivity contribution is 0.0934. The standard InChI is InChI=1S/C30H37FN10O3/c1-19(18-36(2)3)33-28(42)20-7-8-23(21(31)16-20)39-12-9-38(10-13-39)11-14-40-27-26(37(4)30(40)43)24-17-22(25-6-5-15-44-25)35-41(24)29(32)34-27/h5-8,15-17,19H,9-14,18H2,1-4H3,(H2,32,34)(H,33,42). The molecule has 1 saturated heterocycles. The van der Waals surface area contributed by atoms with Crippen LogP contribution in [0, 0.1) is 5.82 Å². The third-order valence-corrected chi connectivity index (χ3v) is 8.06. The van der Waals surface area contributed by atoms with Crippen LogP contribution < -0.4 is 21.6 Å². The number of likely N-dealkylation sites (N-methyl/N-ethyl adjacent to an activating group) is 1. The number of benzene rings is 1. The van der Waals surface area contributed by atoms with E-state index >= 15 is 4.39 Å². The van der Waals surface area contributed by atoms with E-state index in [4.69, 9.17) is 10.2 Å². The van der Waals surface area contributed by atoms with Crippen LogP contribution >= 0.6 is 0 Å². The number of hydrogen-bond donors (Lipinski definition) is 2. The maximum Gasteiger partial charge on any atom is 0.330 e. The zero-order chi connectivity index (χ0) is 31.1. The van der Waals surface area contributed by atoms with E-state index in [0.29, 0.717) is 85.2 Å². The molecule has 1 aliphatic rings. The van der Waals surface area contributed by atoms with Crippen molar-refractivity contribution < 1.29 is 13.6 Å². The Morgan fingerprint density at radius 1 is 1.16 bits per heavy atom. The van der Waals surface area contributed by atoms with Crippen molar-refractivity contribution in [1.82, 2.24) is 38.8 Å². The summed E-state index contributed by atoms with van der Waals surface area (Å²) < 4.78 is 25.3. The Morgan fingerprint density at radius 3 is 2.61 bits per heavy atom. The average molecular weight is 605 g/mol. The summed E-state index contributed by atoms with van der Waals surface area (Å²) in [4.78, 5) is 36.6. The molecule has 0 bridgehead atoms. The van der Waals surface area contributed by atoms with Gasteiger partial charge in [0.2, 0.25) is 5.95 Å². The third-order valence-electron chi connectivity index (χ3n) is 8.06. The lowest BCUT2D eigenvalue weighted by Crippen LogP contribution is -2.47. The highest BCUT2D eigenvalue weighted by Gasteiger charge is 2.23. The summed E-state index contributed by atoms with van der Waals surface area (Å²) in [5.41, 5.74) is 9.25. The van der Waals surface area contributed by atoms with Gasteiger partial charge in [-0.2, -0.15) is 14.6 Å². The summed E-state index contributed by atoms with van der Waals surface area (Å²) in [5, 5.41) is 7.44. The highest BCUT2D eigenvalue weighted by molar-refractivity contribution is 5.95. The van der Waals surface area contributed by atoms with Crippen molar-refractivity contribution in [3.63, 3.8) is 0 Å². The van der Waals surface area contributed by atoms with Crippen LogP contribution in [0.2, 0.25) is 0 Å². The number of nitrogen functional groups attached to an aromatic ring is 1. The van der Waals surface area contributed by atoms with Gasteiger partial charge in [0.25, 0.3) is 5.91 Å². The van der Waals surface area contributed by atoms with Crippen molar-refractivity contribution >= 4 is 34.2 Å². The van der Waals surface area contributed by atoms with Crippen LogP contribution in [0.3, 0.4) is 0 Å². The van der Waals surface area contributed by atoms with E-state index in [0.717, 1.165) is 0 Å². The first-order chi connectivity index (χ1) is 21.1. The van der Waals surface area contributed by atoms with Crippen LogP contribution in [-0.2, 0) is 13.6 Å². The Labute approximate surface area is 253 Å². The summed E-state index contributed by atoms with van der Waals surface area (Å²) in [6, 6.07) is 10.0. The fraction of sp³-hybridized carbons (Fsp3) is 0.400. The van der Waals surface area contributed by atoms with E-state index in [1.165, 1.54) is 10.6 Å². The van der Waals surface area contributed by atoms with E-state index in [1.807, 2.05) is 43.0 Å². The number of furan rings is 1. The van der Waals surface area contributed by atoms with E-state index in [1.54, 1.807) is 40.6 Å². The second kappa shape index (κ2) is 11.8. The largest absolute Gasteiger partial charge is 0.463 e. The molecule has 4 aromatic heterocycles. The van der Waals surface area contributed by atoms with Crippen molar-refractivity contribution in [2.45, 2.75) is 19.5 Å². The summed E-state index contributed by atoms with van der Waals surface area (Å²) in [5.74, 6) is 0.0588. The van der Waals surface area contributed by atoms with Crippen LogP contribution in [0.5, 0.6) is 0 Å². The predicted octanol–water partition coefficient (Wildman–Crippen LogP) is 1.87. The molecular formula is C30H37FN10O3. The summed E-state index contributed by atoms with van der Waals surface area (Å²) >= 11 is 0. The zero-order valence-electron chi connectivity index (χ0n) is 25.3. The van der Waals surface area contributed by atoms with Crippen molar-refractivity contribution in [2.24, 2.45) is 7.05 Å². The van der Waals surface area contributed by atoms with Gasteiger partial charge in [0.1, 0.15) is 17.0 Å². The van der Waals surface area contributed by atoms with Crippen LogP contribution in [0.1, 0.15) is 17.3 Å². The van der Waals surface area contributed by atoms with E-state index < -0.39 is 5.82 Å². The number of piperazine rings is 1. The molecule has 1 aliphatic heterocycles. The minimum Gasteiger partial charge on any atom is -0.463 e. The molecule has 0 aliphatic carbocycles. The van der Waals surface area contributed by atoms with Crippen molar-refractivity contribution in [3.8, 4) is 11.5 Å². The number of halogens is 1. The highest BCUT2D eigenvalue weighted by atomic mass is 19.1. The number of nitrogens with one attached hydrogen (secondary N) is 1. The number of aromatic nitrogens is 5. The topological polar surface area (TPSA) is 135 Å². The maximum absolute atomic E-state index is 15.1. The molecule has 13 nitrogen and oxygen atoms in total. The number of nitrogens with zero attached hydrogens (tertiary/aromatic N) is 8. The van der Waals surface area contributed by atoms with Gasteiger partial charge in [0.15, 0.2) is 11.4 Å². The molecule has 1 amide bonds. The number of hydrogen-bond acceptors (Lipinski definition) is 9. The minimum atomic E-state index is -0.418. The lowest BCUT2D eigenvalue weighted by Gasteiger charge is -2.36. The van der Waals surface area contributed by atoms with Gasteiger partial charge < -0.3 is 25.3 Å². The molecule has 6 rings (SSSR count). The van der Waals surface area contributed by atoms with Gasteiger partial charge in [-0.25, -0.2) is 9.18 Å². The Balaban J connectivity index is 1.12. The molecule has 5 aromatic rings. The maximum atomic E-state index is 15.1. The Hall–Kier alpha value is -4.69. The van der Waals surface area contributed by atoms with Gasteiger partial charge in [-0.15, -0.1) is 0 Å². The predicted molar refractivity (Wildman–Crippen MR) is 166 cm³/mol. The normalized spacial score (nSPS) is 15.1. The second-order valence-corrected chi connectivity index (χ2v) is 11.6. The average Bonchev–Trinajstić information content (AvgIpc) is 3.72. The highest BCUT2D eigenvalue weighted by Crippen LogP contribution is 2.26. The van der Waals surface area contributed by atoms with Gasteiger partial charge in [0, 0.05) is 64.5 Å². The lowest BCUT2D eigenvalue weighted by atomic mass is 10.1. The van der Waals surface area contributed by atoms with E-state index in [9.17, 15) is 9.59 Å². The number of anilines is 2. The molecule has 14 heteroatoms. The van der Waals surface area contributed by atoms with Crippen molar-refractivity contribution in [2.75, 3.05) is 64.0 Å². The fourth-order valence-corrected chi connectivity index (χ4v) is 5.93. The number of carbonyl (C=O) groups is 1. The Kier molecular flexibility index (Phi) is 7.86. The molecule has 3 N–H and O–H groups in total. The van der Waals surface area contributed by atoms with E-state index in [2.05, 4.69) is 20.3 Å². The second-order valence-electron chi connectivity index (χ2n) is 11.6. The SMILES string of the molecule is CC(CN(C)C)NC(=O)c1ccc(N2CCN(CCn3c(=O)n(C)c4c3nc(N)n3nc(-c5ccco5)cc43)CC2)c(F)c1. The molecule has 0 saturated carbocycles. The molecule has 1 aromatic carbocycles. The number of fused-ring (bicyclic) bond motifs is 3. The number of carbonyl (C=O) groups excluding carboxylic acids is 1. The molecule has 232 valence electrons. The molecule has 5 heterocycles. The Bertz CT molecular complexity index is 1870. The van der Waals surface area contributed by atoms with Gasteiger partial charge in [-0.3, -0.25) is 18.8 Å². The van der Waals surface area contributed by atoms with Gasteiger partial charge in [-0.05, 0) is 57.4 Å². The van der Waals surface area contributed by atoms with Crippen LogP contribution in [0.4, 0.5) is 16.0 Å². The zero-order valence-corrected chi connectivity index (χ0v) is 25.3. The van der Waals surface area contributed by atoms with Gasteiger partial charge >= 0.3 is 5.69 Å². The summed E-state index contributed by atoms with van der Waals surface area (Å²) in [6.45, 7) is 6.26. The summed E-state index contributed by atoms with van der Waals surface area (Å²) in [6.07, 6.45) is 1.57. The molecule has 0 radical (unpaired) electrons. The molecule has 1 unspecified atom stereocenters. The van der Waals surface area contributed by atoms with Crippen LogP contribution in [0.25, 0.3) is 28.1 Å².